The molecule has 0 aliphatic carbocycles. The van der Waals surface area contributed by atoms with Gasteiger partial charge in [0.05, 0.1) is 6.61 Å². The van der Waals surface area contributed by atoms with Gasteiger partial charge in [0.15, 0.2) is 0 Å². The maximum atomic E-state index is 9.89. The molecule has 2 nitrogen and oxygen atoms in total. The molecule has 0 spiro atoms. The quantitative estimate of drug-likeness (QED) is 0.807. The Morgan fingerprint density at radius 2 is 1.69 bits per heavy atom. The molecule has 0 radical (unpaired) electrons. The lowest BCUT2D eigenvalue weighted by molar-refractivity contribution is 0.281. The van der Waals surface area contributed by atoms with Gasteiger partial charge in [-0.25, -0.2) is 0 Å². The third-order valence-corrected chi connectivity index (χ3v) is 2.75. The minimum absolute atomic E-state index is 0.0650. The van der Waals surface area contributed by atoms with E-state index in [1.54, 1.807) is 6.07 Å². The van der Waals surface area contributed by atoms with Crippen LogP contribution in [0.1, 0.15) is 11.1 Å². The number of rotatable bonds is 2. The Hall–Kier alpha value is -1.80. The summed E-state index contributed by atoms with van der Waals surface area (Å²) in [6.45, 7) is 1.86. The molecule has 2 heteroatoms. The molecule has 0 aromatic heterocycles. The summed E-state index contributed by atoms with van der Waals surface area (Å²) in [6, 6.07) is 13.1. The highest BCUT2D eigenvalue weighted by atomic mass is 16.3. The number of hydrogen-bond donors (Lipinski definition) is 2. The van der Waals surface area contributed by atoms with Gasteiger partial charge in [0.2, 0.25) is 0 Å². The molecule has 2 aromatic carbocycles. The van der Waals surface area contributed by atoms with Crippen LogP contribution < -0.4 is 0 Å². The molecule has 0 fully saturated rings. The maximum Gasteiger partial charge on any atom is 0.123 e. The number of hydrogen-bond acceptors (Lipinski definition) is 2. The Labute approximate surface area is 94.8 Å². The first-order valence-corrected chi connectivity index (χ1v) is 5.21. The second kappa shape index (κ2) is 4.37. The van der Waals surface area contributed by atoms with E-state index in [4.69, 9.17) is 0 Å². The fourth-order valence-electron chi connectivity index (χ4n) is 1.87. The monoisotopic (exact) mass is 214 g/mol. The highest BCUT2D eigenvalue weighted by molar-refractivity contribution is 5.74. The highest BCUT2D eigenvalue weighted by Gasteiger charge is 2.11. The van der Waals surface area contributed by atoms with Gasteiger partial charge in [-0.05, 0) is 29.7 Å². The van der Waals surface area contributed by atoms with Crippen LogP contribution in [0.3, 0.4) is 0 Å². The number of aliphatic hydroxyl groups is 1. The van der Waals surface area contributed by atoms with E-state index in [0.717, 1.165) is 22.3 Å². The van der Waals surface area contributed by atoms with Crippen LogP contribution in [-0.2, 0) is 6.61 Å². The molecule has 2 N–H and O–H groups in total. The smallest absolute Gasteiger partial charge is 0.123 e. The van der Waals surface area contributed by atoms with E-state index in [1.807, 2.05) is 43.3 Å². The first kappa shape index (κ1) is 10.7. The first-order valence-electron chi connectivity index (χ1n) is 5.21. The third-order valence-electron chi connectivity index (χ3n) is 2.75. The minimum atomic E-state index is -0.0650. The summed E-state index contributed by atoms with van der Waals surface area (Å²) in [5.74, 6) is 0.209. The van der Waals surface area contributed by atoms with Crippen LogP contribution >= 0.6 is 0 Å². The highest BCUT2D eigenvalue weighted by Crippen LogP contribution is 2.34. The van der Waals surface area contributed by atoms with Crippen molar-refractivity contribution in [2.24, 2.45) is 0 Å². The first-order chi connectivity index (χ1) is 7.74. The Morgan fingerprint density at radius 3 is 2.31 bits per heavy atom. The maximum absolute atomic E-state index is 9.89. The lowest BCUT2D eigenvalue weighted by Crippen LogP contribution is -1.94. The van der Waals surface area contributed by atoms with Crippen molar-refractivity contribution in [1.29, 1.82) is 0 Å². The average molecular weight is 214 g/mol. The summed E-state index contributed by atoms with van der Waals surface area (Å²) < 4.78 is 0. The van der Waals surface area contributed by atoms with Crippen LogP contribution in [-0.4, -0.2) is 10.2 Å². The van der Waals surface area contributed by atoms with E-state index in [2.05, 4.69) is 0 Å². The predicted octanol–water partition coefficient (Wildman–Crippen LogP) is 2.86. The van der Waals surface area contributed by atoms with Crippen LogP contribution in [0.15, 0.2) is 42.5 Å². The molecular formula is C14H14O2. The van der Waals surface area contributed by atoms with Crippen molar-refractivity contribution < 1.29 is 10.2 Å². The standard InChI is InChI=1S/C14H14O2/c1-10-7-8-13(16)14(12(10)9-15)11-5-3-2-4-6-11/h2-8,15-16H,9H2,1H3. The Kier molecular flexibility index (Phi) is 2.93. The van der Waals surface area contributed by atoms with E-state index in [0.29, 0.717) is 0 Å². The number of aliphatic hydroxyl groups excluding tert-OH is 1. The zero-order valence-corrected chi connectivity index (χ0v) is 9.14. The summed E-state index contributed by atoms with van der Waals surface area (Å²) in [6.07, 6.45) is 0. The van der Waals surface area contributed by atoms with Gasteiger partial charge in [-0.3, -0.25) is 0 Å². The van der Waals surface area contributed by atoms with Crippen LogP contribution in [0.25, 0.3) is 11.1 Å². The van der Waals surface area contributed by atoms with Gasteiger partial charge in [0.25, 0.3) is 0 Å². The molecular weight excluding hydrogens is 200 g/mol. The van der Waals surface area contributed by atoms with Gasteiger partial charge < -0.3 is 10.2 Å². The van der Waals surface area contributed by atoms with Crippen molar-refractivity contribution in [3.8, 4) is 16.9 Å². The topological polar surface area (TPSA) is 40.5 Å². The van der Waals surface area contributed by atoms with E-state index in [-0.39, 0.29) is 12.4 Å². The molecule has 2 rings (SSSR count). The molecule has 16 heavy (non-hydrogen) atoms. The number of phenolic OH excluding ortho intramolecular Hbond substituents is 1. The van der Waals surface area contributed by atoms with E-state index >= 15 is 0 Å². The van der Waals surface area contributed by atoms with Crippen molar-refractivity contribution in [2.75, 3.05) is 0 Å². The van der Waals surface area contributed by atoms with Crippen molar-refractivity contribution in [3.63, 3.8) is 0 Å². The zero-order chi connectivity index (χ0) is 11.5. The minimum Gasteiger partial charge on any atom is -0.507 e. The van der Waals surface area contributed by atoms with Gasteiger partial charge in [-0.1, -0.05) is 36.4 Å². The lowest BCUT2D eigenvalue weighted by Gasteiger charge is -2.12. The van der Waals surface area contributed by atoms with Gasteiger partial charge >= 0.3 is 0 Å². The summed E-state index contributed by atoms with van der Waals surface area (Å²) >= 11 is 0. The largest absolute Gasteiger partial charge is 0.507 e. The van der Waals surface area contributed by atoms with Gasteiger partial charge in [-0.2, -0.15) is 0 Å². The molecule has 0 heterocycles. The fourth-order valence-corrected chi connectivity index (χ4v) is 1.87. The second-order valence-electron chi connectivity index (χ2n) is 3.78. The van der Waals surface area contributed by atoms with Crippen molar-refractivity contribution in [3.05, 3.63) is 53.6 Å². The van der Waals surface area contributed by atoms with E-state index in [1.165, 1.54) is 0 Å². The van der Waals surface area contributed by atoms with Crippen LogP contribution in [0.4, 0.5) is 0 Å². The molecule has 0 amide bonds. The SMILES string of the molecule is Cc1ccc(O)c(-c2ccccc2)c1CO. The molecule has 2 aromatic rings. The number of benzene rings is 2. The van der Waals surface area contributed by atoms with Crippen LogP contribution in [0.2, 0.25) is 0 Å². The normalized spacial score (nSPS) is 10.4. The summed E-state index contributed by atoms with van der Waals surface area (Å²) in [5.41, 5.74) is 3.42. The van der Waals surface area contributed by atoms with Crippen LogP contribution in [0, 0.1) is 6.92 Å². The molecule has 82 valence electrons. The molecule has 0 atom stereocenters. The van der Waals surface area contributed by atoms with Gasteiger partial charge in [0.1, 0.15) is 5.75 Å². The van der Waals surface area contributed by atoms with E-state index in [9.17, 15) is 10.2 Å². The molecule has 0 aliphatic rings. The average Bonchev–Trinajstić information content (AvgIpc) is 2.33. The van der Waals surface area contributed by atoms with Gasteiger partial charge in [-0.15, -0.1) is 0 Å². The summed E-state index contributed by atoms with van der Waals surface area (Å²) in [7, 11) is 0. The molecule has 0 aliphatic heterocycles. The third kappa shape index (κ3) is 1.79. The number of aryl methyl sites for hydroxylation is 1. The Balaban J connectivity index is 2.68. The predicted molar refractivity (Wildman–Crippen MR) is 64.2 cm³/mol. The zero-order valence-electron chi connectivity index (χ0n) is 9.14. The van der Waals surface area contributed by atoms with Crippen molar-refractivity contribution in [1.82, 2.24) is 0 Å². The van der Waals surface area contributed by atoms with E-state index < -0.39 is 0 Å². The summed E-state index contributed by atoms with van der Waals surface area (Å²) in [5, 5.41) is 19.3. The second-order valence-corrected chi connectivity index (χ2v) is 3.78. The Bertz CT molecular complexity index is 490. The van der Waals surface area contributed by atoms with Crippen molar-refractivity contribution >= 4 is 0 Å². The molecule has 0 saturated carbocycles. The molecule has 0 unspecified atom stereocenters. The van der Waals surface area contributed by atoms with Crippen molar-refractivity contribution in [2.45, 2.75) is 13.5 Å². The summed E-state index contributed by atoms with van der Waals surface area (Å²) in [4.78, 5) is 0. The number of aromatic hydroxyl groups is 1. The molecule has 0 bridgehead atoms. The fraction of sp³-hybridized carbons (Fsp3) is 0.143. The molecule has 0 saturated heterocycles. The lowest BCUT2D eigenvalue weighted by atomic mass is 9.95. The Morgan fingerprint density at radius 1 is 1.00 bits per heavy atom. The number of phenols is 1. The van der Waals surface area contributed by atoms with Gasteiger partial charge in [0, 0.05) is 5.56 Å². The van der Waals surface area contributed by atoms with Crippen LogP contribution in [0.5, 0.6) is 5.75 Å².